The molecule has 2 aliphatic rings. The van der Waals surface area contributed by atoms with Gasteiger partial charge in [-0.15, -0.1) is 22.1 Å². The van der Waals surface area contributed by atoms with E-state index in [1.54, 1.807) is 66.8 Å². The summed E-state index contributed by atoms with van der Waals surface area (Å²) in [4.78, 5) is 20.0. The summed E-state index contributed by atoms with van der Waals surface area (Å²) in [5.74, 6) is 0. The van der Waals surface area contributed by atoms with Gasteiger partial charge in [0.25, 0.3) is 0 Å². The number of hydrogen-bond acceptors (Lipinski definition) is 2. The van der Waals surface area contributed by atoms with Gasteiger partial charge in [-0.05, 0) is 55.5 Å². The van der Waals surface area contributed by atoms with Crippen LogP contribution in [0.1, 0.15) is 37.1 Å². The Morgan fingerprint density at radius 2 is 0.657 bits per heavy atom. The molecule has 9 rings (SSSR count). The van der Waals surface area contributed by atoms with Crippen LogP contribution in [0.3, 0.4) is 0 Å². The molecule has 0 saturated heterocycles. The van der Waals surface area contributed by atoms with E-state index in [1.165, 1.54) is 55.0 Å². The largest absolute Gasteiger partial charge is 3.00 e. The molecule has 0 unspecified atom stereocenters. The third kappa shape index (κ3) is 10.1. The molecule has 9 heterocycles. The molecule has 18 heteroatoms. The summed E-state index contributed by atoms with van der Waals surface area (Å²) in [7, 11) is 0. The average Bonchev–Trinajstić information content (AvgIpc) is 4.09. The smallest absolute Gasteiger partial charge is 0.656 e. The first kappa shape index (κ1) is 48.0. The number of pyridine rings is 4. The van der Waals surface area contributed by atoms with Crippen molar-refractivity contribution in [3.63, 3.8) is 0 Å². The number of rotatable bonds is 8. The fourth-order valence-corrected chi connectivity index (χ4v) is 8.22. The number of aromatic nitrogens is 8. The van der Waals surface area contributed by atoms with E-state index in [1.807, 2.05) is 35.9 Å². The fourth-order valence-electron chi connectivity index (χ4n) is 8.22. The van der Waals surface area contributed by atoms with E-state index < -0.39 is 38.2 Å². The van der Waals surface area contributed by atoms with Crippen molar-refractivity contribution in [2.24, 2.45) is 0 Å². The number of aryl methyl sites for hydroxylation is 1. The fraction of sp³-hybridized carbons (Fsp3) is 0.184. The molecule has 0 radical (unpaired) electrons. The Kier molecular flexibility index (Phi) is 13.5. The van der Waals surface area contributed by atoms with Gasteiger partial charge in [-0.25, -0.2) is 9.97 Å². The van der Waals surface area contributed by atoms with Crippen molar-refractivity contribution in [3.05, 3.63) is 145 Å². The minimum Gasteiger partial charge on any atom is -0.656 e. The van der Waals surface area contributed by atoms with Gasteiger partial charge in [-0.1, -0.05) is 31.7 Å². The summed E-state index contributed by atoms with van der Waals surface area (Å²) in [6.45, 7) is -1.65. The van der Waals surface area contributed by atoms with Gasteiger partial charge >= 0.3 is 35.6 Å². The standard InChI is InChI=1S/C48H35F9N8.CH4.Mn/c1-2-62-23-7-3-11-38(62)42-30-15-17-32(58-30)43(39-12-4-8-24-63(39)27-46(49,50)51)34-19-21-36(60-34)45(41-14-6-10-26-65(41)29-48(55,56)57)37-22-20-35(61-37)44(33-18-16-31(42)59-33)40-13-5-9-25-64(40)28-47(52,53)54;;/h3-26H,2,27-29H2,1H3;1H4;/q+2;;+3. The zero-order valence-corrected chi connectivity index (χ0v) is 35.7. The van der Waals surface area contributed by atoms with Crippen LogP contribution in [0.4, 0.5) is 39.5 Å². The maximum absolute atomic E-state index is 14.2. The van der Waals surface area contributed by atoms with Crippen molar-refractivity contribution in [3.8, 4) is 45.0 Å². The maximum atomic E-state index is 14.2. The van der Waals surface area contributed by atoms with Crippen molar-refractivity contribution >= 4 is 46.4 Å². The zero-order chi connectivity index (χ0) is 45.7. The minimum absolute atomic E-state index is 0. The van der Waals surface area contributed by atoms with E-state index in [-0.39, 0.29) is 91.9 Å². The van der Waals surface area contributed by atoms with Crippen molar-refractivity contribution in [1.29, 1.82) is 0 Å². The van der Waals surface area contributed by atoms with Gasteiger partial charge in [0.05, 0.1) is 45.0 Å². The van der Waals surface area contributed by atoms with Gasteiger partial charge in [0.15, 0.2) is 24.8 Å². The van der Waals surface area contributed by atoms with Crippen molar-refractivity contribution in [2.45, 2.75) is 59.1 Å². The zero-order valence-electron chi connectivity index (χ0n) is 34.5. The number of nitrogens with zero attached hydrogens (tertiary/aromatic N) is 8. The van der Waals surface area contributed by atoms with E-state index in [9.17, 15) is 39.5 Å². The summed E-state index contributed by atoms with van der Waals surface area (Å²) in [6, 6.07) is 25.5. The quantitative estimate of drug-likeness (QED) is 0.0865. The molecule has 0 amide bonds. The molecule has 7 aromatic rings. The Labute approximate surface area is 388 Å². The van der Waals surface area contributed by atoms with Crippen LogP contribution >= 0.6 is 0 Å². The van der Waals surface area contributed by atoms with E-state index in [4.69, 9.17) is 19.9 Å². The van der Waals surface area contributed by atoms with E-state index >= 15 is 0 Å². The molecule has 8 nitrogen and oxygen atoms in total. The van der Waals surface area contributed by atoms with Crippen LogP contribution in [0, 0.1) is 0 Å². The third-order valence-corrected chi connectivity index (χ3v) is 10.8. The molecule has 0 N–H and O–H groups in total. The average molecular weight is 966 g/mol. The SMILES string of the molecule is C.CC[n+]1ccccc1-c1c2nc(c(-c3cccc[n+]3CC(F)(F)F)c3ccc([n-]3)c(-c3cccc[n+]3CC(F)(F)F)c3nc(c(-c4cccc[n+]4CC(F)(F)F)c4ccc1[n-]4)C=C3)C=C2.[Mn+3]. The van der Waals surface area contributed by atoms with E-state index in [0.717, 1.165) is 13.7 Å². The normalized spacial score (nSPS) is 12.5. The first-order chi connectivity index (χ1) is 31.0. The molecule has 0 aromatic carbocycles. The van der Waals surface area contributed by atoms with Crippen molar-refractivity contribution in [1.82, 2.24) is 19.9 Å². The third-order valence-electron chi connectivity index (χ3n) is 10.8. The number of fused-ring (bicyclic) bond motifs is 8. The van der Waals surface area contributed by atoms with Gasteiger partial charge in [0.2, 0.25) is 42.4 Å². The summed E-state index contributed by atoms with van der Waals surface area (Å²) in [5, 5.41) is 0. The number of hydrogen-bond donors (Lipinski definition) is 0. The topological polar surface area (TPSA) is 69.5 Å². The summed E-state index contributed by atoms with van der Waals surface area (Å²) >= 11 is 0. The Bertz CT molecular complexity index is 3160. The van der Waals surface area contributed by atoms with Crippen LogP contribution in [0.5, 0.6) is 0 Å². The summed E-state index contributed by atoms with van der Waals surface area (Å²) < 4.78 is 133. The first-order valence-electron chi connectivity index (χ1n) is 20.2. The number of halogens is 9. The molecule has 0 spiro atoms. The molecule has 0 fully saturated rings. The number of alkyl halides is 9. The van der Waals surface area contributed by atoms with Gasteiger partial charge in [-0.3, -0.25) is 0 Å². The molecule has 8 bridgehead atoms. The van der Waals surface area contributed by atoms with Crippen LogP contribution in [-0.2, 0) is 43.2 Å². The Hall–Kier alpha value is -6.91. The van der Waals surface area contributed by atoms with Crippen LogP contribution in [0.2, 0.25) is 0 Å². The van der Waals surface area contributed by atoms with E-state index in [0.29, 0.717) is 29.0 Å². The minimum atomic E-state index is -4.66. The van der Waals surface area contributed by atoms with Crippen LogP contribution in [0.25, 0.3) is 91.4 Å². The molecule has 7 aromatic heterocycles. The molecular weight excluding hydrogens is 927 g/mol. The summed E-state index contributed by atoms with van der Waals surface area (Å²) in [5.41, 5.74) is 3.71. The van der Waals surface area contributed by atoms with Gasteiger partial charge in [-0.2, -0.15) is 57.8 Å². The molecule has 67 heavy (non-hydrogen) atoms. The Morgan fingerprint density at radius 3 is 0.910 bits per heavy atom. The Morgan fingerprint density at radius 1 is 0.403 bits per heavy atom. The van der Waals surface area contributed by atoms with Crippen molar-refractivity contribution in [2.75, 3.05) is 0 Å². The summed E-state index contributed by atoms with van der Waals surface area (Å²) in [6.07, 6.45) is -1.76. The van der Waals surface area contributed by atoms with E-state index in [2.05, 4.69) is 0 Å². The van der Waals surface area contributed by atoms with Gasteiger partial charge < -0.3 is 9.97 Å². The predicted molar refractivity (Wildman–Crippen MR) is 230 cm³/mol. The second-order valence-corrected chi connectivity index (χ2v) is 15.2. The second kappa shape index (κ2) is 18.8. The predicted octanol–water partition coefficient (Wildman–Crippen LogP) is 10.1. The maximum Gasteiger partial charge on any atom is 3.00 e. The molecule has 0 aliphatic carbocycles. The van der Waals surface area contributed by atoms with Crippen LogP contribution in [0.15, 0.2) is 122 Å². The monoisotopic (exact) mass is 965 g/mol. The molecule has 0 atom stereocenters. The molecule has 0 saturated carbocycles. The Balaban J connectivity index is 0.00000333. The van der Waals surface area contributed by atoms with Gasteiger partial charge in [0, 0.05) is 48.5 Å². The molecular formula is C49H39F9MnN8+5. The van der Waals surface area contributed by atoms with Crippen LogP contribution < -0.4 is 28.2 Å². The van der Waals surface area contributed by atoms with Gasteiger partial charge in [0.1, 0.15) is 6.54 Å². The van der Waals surface area contributed by atoms with Crippen molar-refractivity contribution < 1.29 is 74.9 Å². The van der Waals surface area contributed by atoms with Crippen LogP contribution in [-0.4, -0.2) is 28.5 Å². The first-order valence-corrected chi connectivity index (χ1v) is 20.2. The second-order valence-electron chi connectivity index (χ2n) is 15.2. The molecule has 340 valence electrons. The molecule has 2 aliphatic heterocycles.